The lowest BCUT2D eigenvalue weighted by atomic mass is 9.89. The highest BCUT2D eigenvalue weighted by Crippen LogP contribution is 2.30. The summed E-state index contributed by atoms with van der Waals surface area (Å²) < 4.78 is 5.58. The predicted octanol–water partition coefficient (Wildman–Crippen LogP) is 3.88. The highest BCUT2D eigenvalue weighted by Gasteiger charge is 2.27. The summed E-state index contributed by atoms with van der Waals surface area (Å²) in [6.45, 7) is 9.30. The molecule has 0 bridgehead atoms. The minimum atomic E-state index is -0.857. The van der Waals surface area contributed by atoms with Crippen molar-refractivity contribution in [2.75, 3.05) is 0 Å². The number of carbonyl (C=O) groups is 2. The van der Waals surface area contributed by atoms with Crippen molar-refractivity contribution in [2.45, 2.75) is 71.9 Å². The van der Waals surface area contributed by atoms with Crippen LogP contribution < -0.4 is 5.32 Å². The first-order valence-corrected chi connectivity index (χ1v) is 9.61. The maximum Gasteiger partial charge on any atom is 0.339 e. The molecule has 1 aromatic heterocycles. The summed E-state index contributed by atoms with van der Waals surface area (Å²) in [5.41, 5.74) is 4.03. The summed E-state index contributed by atoms with van der Waals surface area (Å²) in [7, 11) is 0. The van der Waals surface area contributed by atoms with Crippen LogP contribution in [0.15, 0.2) is 18.2 Å². The fourth-order valence-corrected chi connectivity index (χ4v) is 3.52. The van der Waals surface area contributed by atoms with Crippen molar-refractivity contribution in [1.29, 1.82) is 0 Å². The van der Waals surface area contributed by atoms with Gasteiger partial charge in [-0.1, -0.05) is 11.6 Å². The number of nitrogens with zero attached hydrogens (tertiary/aromatic N) is 1. The van der Waals surface area contributed by atoms with Gasteiger partial charge in [0.15, 0.2) is 6.10 Å². The van der Waals surface area contributed by atoms with Gasteiger partial charge in [0.05, 0.1) is 11.1 Å². The van der Waals surface area contributed by atoms with Crippen molar-refractivity contribution < 1.29 is 14.3 Å². The minimum absolute atomic E-state index is 0.292. The molecule has 1 aliphatic rings. The fraction of sp³-hybridized carbons (Fsp3) is 0.500. The number of pyridine rings is 1. The van der Waals surface area contributed by atoms with E-state index >= 15 is 0 Å². The lowest BCUT2D eigenvalue weighted by molar-refractivity contribution is -0.130. The van der Waals surface area contributed by atoms with Gasteiger partial charge < -0.3 is 10.1 Å². The number of rotatable bonds is 3. The zero-order valence-corrected chi connectivity index (χ0v) is 16.8. The molecule has 1 aromatic carbocycles. The van der Waals surface area contributed by atoms with Crippen molar-refractivity contribution in [3.8, 4) is 0 Å². The molecule has 1 unspecified atom stereocenters. The van der Waals surface area contributed by atoms with Gasteiger partial charge in [-0.15, -0.1) is 0 Å². The number of ether oxygens (including phenoxy) is 1. The summed E-state index contributed by atoms with van der Waals surface area (Å²) >= 11 is 0. The summed E-state index contributed by atoms with van der Waals surface area (Å²) in [5, 5.41) is 3.67. The Morgan fingerprint density at radius 3 is 2.59 bits per heavy atom. The monoisotopic (exact) mass is 368 g/mol. The van der Waals surface area contributed by atoms with E-state index in [9.17, 15) is 9.59 Å². The summed E-state index contributed by atoms with van der Waals surface area (Å²) in [6, 6.07) is 5.93. The van der Waals surface area contributed by atoms with Gasteiger partial charge in [0, 0.05) is 16.6 Å². The Labute approximate surface area is 160 Å². The van der Waals surface area contributed by atoms with Crippen LogP contribution in [0.3, 0.4) is 0 Å². The normalized spacial score (nSPS) is 15.1. The van der Waals surface area contributed by atoms with E-state index < -0.39 is 12.1 Å². The Morgan fingerprint density at radius 1 is 1.19 bits per heavy atom. The summed E-state index contributed by atoms with van der Waals surface area (Å²) in [4.78, 5) is 30.2. The number of hydrogen-bond donors (Lipinski definition) is 1. The third-order valence-corrected chi connectivity index (χ3v) is 4.77. The third-order valence-electron chi connectivity index (χ3n) is 4.77. The molecule has 0 spiro atoms. The van der Waals surface area contributed by atoms with E-state index in [-0.39, 0.29) is 11.4 Å². The first kappa shape index (κ1) is 19.3. The topological polar surface area (TPSA) is 68.3 Å². The molecular formula is C22H28N2O3. The molecular weight excluding hydrogens is 340 g/mol. The Kier molecular flexibility index (Phi) is 5.22. The zero-order chi connectivity index (χ0) is 19.8. The van der Waals surface area contributed by atoms with E-state index in [4.69, 9.17) is 9.72 Å². The lowest BCUT2D eigenvalue weighted by Crippen LogP contribution is -2.46. The van der Waals surface area contributed by atoms with Crippen molar-refractivity contribution >= 4 is 22.8 Å². The second-order valence-electron chi connectivity index (χ2n) is 8.43. The molecule has 1 heterocycles. The smallest absolute Gasteiger partial charge is 0.339 e. The molecule has 27 heavy (non-hydrogen) atoms. The Bertz CT molecular complexity index is 897. The van der Waals surface area contributed by atoms with Crippen LogP contribution in [-0.2, 0) is 22.4 Å². The van der Waals surface area contributed by atoms with Gasteiger partial charge in [0.2, 0.25) is 0 Å². The van der Waals surface area contributed by atoms with Gasteiger partial charge in [-0.2, -0.15) is 0 Å². The molecule has 1 amide bonds. The molecule has 0 aliphatic heterocycles. The number of carbonyl (C=O) groups excluding carboxylic acids is 2. The molecule has 2 aromatic rings. The zero-order valence-electron chi connectivity index (χ0n) is 16.8. The van der Waals surface area contributed by atoms with E-state index in [2.05, 4.69) is 5.32 Å². The van der Waals surface area contributed by atoms with E-state index in [0.717, 1.165) is 53.4 Å². The predicted molar refractivity (Wildman–Crippen MR) is 106 cm³/mol. The fourth-order valence-electron chi connectivity index (χ4n) is 3.52. The second-order valence-corrected chi connectivity index (χ2v) is 8.43. The molecule has 3 rings (SSSR count). The molecule has 0 saturated heterocycles. The largest absolute Gasteiger partial charge is 0.449 e. The van der Waals surface area contributed by atoms with E-state index in [1.54, 1.807) is 6.92 Å². The van der Waals surface area contributed by atoms with Crippen LogP contribution >= 0.6 is 0 Å². The number of nitrogens with one attached hydrogen (secondary N) is 1. The summed E-state index contributed by atoms with van der Waals surface area (Å²) in [6.07, 6.45) is 2.95. The van der Waals surface area contributed by atoms with Crippen molar-refractivity contribution in [1.82, 2.24) is 10.3 Å². The first-order chi connectivity index (χ1) is 12.7. The van der Waals surface area contributed by atoms with Crippen LogP contribution in [-0.4, -0.2) is 28.5 Å². The van der Waals surface area contributed by atoms with E-state index in [1.807, 2.05) is 45.9 Å². The molecule has 1 atom stereocenters. The van der Waals surface area contributed by atoms with E-state index in [1.165, 1.54) is 0 Å². The quantitative estimate of drug-likeness (QED) is 0.835. The van der Waals surface area contributed by atoms with Crippen molar-refractivity contribution in [3.63, 3.8) is 0 Å². The molecule has 144 valence electrons. The van der Waals surface area contributed by atoms with Gasteiger partial charge in [-0.3, -0.25) is 9.78 Å². The number of aromatic nitrogens is 1. The maximum absolute atomic E-state index is 13.1. The highest BCUT2D eigenvalue weighted by molar-refractivity contribution is 6.06. The minimum Gasteiger partial charge on any atom is -0.449 e. The second kappa shape index (κ2) is 7.29. The van der Waals surface area contributed by atoms with Gasteiger partial charge in [-0.05, 0) is 78.0 Å². The van der Waals surface area contributed by atoms with Crippen LogP contribution in [0.2, 0.25) is 0 Å². The first-order valence-electron chi connectivity index (χ1n) is 9.61. The average Bonchev–Trinajstić information content (AvgIpc) is 2.58. The maximum atomic E-state index is 13.1. The SMILES string of the molecule is Cc1ccc2nc3c(c(C(=O)OC(C)C(=O)NC(C)(C)C)c2c1)CCCC3. The Balaban J connectivity index is 1.98. The van der Waals surface area contributed by atoms with Gasteiger partial charge in [0.25, 0.3) is 5.91 Å². The molecule has 0 radical (unpaired) electrons. The van der Waals surface area contributed by atoms with Crippen LogP contribution in [0.4, 0.5) is 0 Å². The highest BCUT2D eigenvalue weighted by atomic mass is 16.5. The number of benzene rings is 1. The molecule has 0 saturated carbocycles. The van der Waals surface area contributed by atoms with Gasteiger partial charge in [-0.25, -0.2) is 4.79 Å². The van der Waals surface area contributed by atoms with Crippen molar-refractivity contribution in [2.24, 2.45) is 0 Å². The molecule has 5 heteroatoms. The van der Waals surface area contributed by atoms with Crippen LogP contribution in [0, 0.1) is 6.92 Å². The number of aryl methyl sites for hydroxylation is 2. The Hall–Kier alpha value is -2.43. The number of amides is 1. The van der Waals surface area contributed by atoms with Crippen LogP contribution in [0.25, 0.3) is 10.9 Å². The molecule has 0 fully saturated rings. The molecule has 1 N–H and O–H groups in total. The van der Waals surface area contributed by atoms with Gasteiger partial charge >= 0.3 is 5.97 Å². The summed E-state index contributed by atoms with van der Waals surface area (Å²) in [5.74, 6) is -0.734. The molecule has 1 aliphatic carbocycles. The standard InChI is InChI=1S/C22H28N2O3/c1-13-10-11-18-16(12-13)19(15-8-6-7-9-17(15)23-18)21(26)27-14(2)20(25)24-22(3,4)5/h10-12,14H,6-9H2,1-5H3,(H,24,25). The third kappa shape index (κ3) is 4.29. The van der Waals surface area contributed by atoms with Crippen LogP contribution in [0.1, 0.15) is 67.7 Å². The van der Waals surface area contributed by atoms with Crippen LogP contribution in [0.5, 0.6) is 0 Å². The number of fused-ring (bicyclic) bond motifs is 2. The average molecular weight is 368 g/mol. The van der Waals surface area contributed by atoms with Gasteiger partial charge in [0.1, 0.15) is 0 Å². The van der Waals surface area contributed by atoms with E-state index in [0.29, 0.717) is 5.56 Å². The molecule has 5 nitrogen and oxygen atoms in total. The lowest BCUT2D eigenvalue weighted by Gasteiger charge is -2.24. The number of esters is 1. The Morgan fingerprint density at radius 2 is 1.89 bits per heavy atom. The van der Waals surface area contributed by atoms with Crippen molar-refractivity contribution in [3.05, 3.63) is 40.6 Å². The number of hydrogen-bond acceptors (Lipinski definition) is 4.